The fourth-order valence-electron chi connectivity index (χ4n) is 3.70. The van der Waals surface area contributed by atoms with E-state index in [1.165, 1.54) is 10.4 Å². The first-order valence-electron chi connectivity index (χ1n) is 8.92. The molecule has 5 rings (SSSR count). The van der Waals surface area contributed by atoms with Gasteiger partial charge in [-0.3, -0.25) is 14.0 Å². The standard InChI is InChI=1S/C19H19N5OS.ClH/c25-19-17-14-6-7-20-11-16(14)26-18(17)21-12-23(19)8-3-9-24-15-5-2-1-4-13(15)10-22-24;/h1-2,4-5,10,12,20H,3,6-9,11H2;1H. The van der Waals surface area contributed by atoms with E-state index in [-0.39, 0.29) is 18.0 Å². The zero-order valence-electron chi connectivity index (χ0n) is 14.7. The van der Waals surface area contributed by atoms with Crippen LogP contribution in [-0.2, 0) is 26.1 Å². The molecule has 0 saturated heterocycles. The number of hydrogen-bond acceptors (Lipinski definition) is 5. The summed E-state index contributed by atoms with van der Waals surface area (Å²) in [7, 11) is 0. The second-order valence-electron chi connectivity index (χ2n) is 6.63. The van der Waals surface area contributed by atoms with Gasteiger partial charge in [0.05, 0.1) is 23.4 Å². The van der Waals surface area contributed by atoms with Crippen molar-refractivity contribution in [2.75, 3.05) is 6.54 Å². The number of fused-ring (bicyclic) bond motifs is 4. The van der Waals surface area contributed by atoms with Crippen LogP contribution in [0.15, 0.2) is 41.6 Å². The van der Waals surface area contributed by atoms with Crippen LogP contribution >= 0.6 is 23.7 Å². The predicted octanol–water partition coefficient (Wildman–Crippen LogP) is 2.97. The molecule has 0 unspecified atom stereocenters. The van der Waals surface area contributed by atoms with Crippen LogP contribution in [0.3, 0.4) is 0 Å². The van der Waals surface area contributed by atoms with Gasteiger partial charge in [0, 0.05) is 29.9 Å². The summed E-state index contributed by atoms with van der Waals surface area (Å²) in [6, 6.07) is 8.19. The van der Waals surface area contributed by atoms with Crippen LogP contribution in [0.4, 0.5) is 0 Å². The third-order valence-electron chi connectivity index (χ3n) is 5.02. The van der Waals surface area contributed by atoms with Crippen molar-refractivity contribution in [2.45, 2.75) is 32.5 Å². The lowest BCUT2D eigenvalue weighted by Crippen LogP contribution is -2.25. The summed E-state index contributed by atoms with van der Waals surface area (Å²) in [5.41, 5.74) is 2.43. The maximum absolute atomic E-state index is 13.0. The van der Waals surface area contributed by atoms with Gasteiger partial charge in [-0.15, -0.1) is 23.7 Å². The first-order chi connectivity index (χ1) is 12.8. The van der Waals surface area contributed by atoms with Gasteiger partial charge in [0.25, 0.3) is 5.56 Å². The Morgan fingerprint density at radius 1 is 1.22 bits per heavy atom. The summed E-state index contributed by atoms with van der Waals surface area (Å²) in [5, 5.41) is 9.80. The van der Waals surface area contributed by atoms with Crippen molar-refractivity contribution >= 4 is 44.9 Å². The Balaban J connectivity index is 0.00000180. The summed E-state index contributed by atoms with van der Waals surface area (Å²) in [4.78, 5) is 19.6. The number of aromatic nitrogens is 4. The SMILES string of the molecule is Cl.O=c1c2c3c(sc2ncn1CCCn1ncc2ccccc21)CNCC3. The van der Waals surface area contributed by atoms with Gasteiger partial charge in [0.15, 0.2) is 0 Å². The number of thiophene rings is 1. The van der Waals surface area contributed by atoms with E-state index < -0.39 is 0 Å². The minimum atomic E-state index is 0. The third-order valence-corrected chi connectivity index (χ3v) is 6.16. The molecule has 1 aliphatic heterocycles. The Morgan fingerprint density at radius 2 is 2.11 bits per heavy atom. The number of aryl methyl sites for hydroxylation is 2. The molecule has 3 aromatic heterocycles. The summed E-state index contributed by atoms with van der Waals surface area (Å²) in [6.07, 6.45) is 5.34. The molecule has 6 nitrogen and oxygen atoms in total. The molecule has 0 aliphatic carbocycles. The van der Waals surface area contributed by atoms with Gasteiger partial charge in [0.1, 0.15) is 4.83 Å². The van der Waals surface area contributed by atoms with E-state index in [2.05, 4.69) is 27.5 Å². The molecule has 4 heterocycles. The minimum absolute atomic E-state index is 0. The Bertz CT molecular complexity index is 1160. The molecule has 8 heteroatoms. The van der Waals surface area contributed by atoms with Gasteiger partial charge < -0.3 is 5.32 Å². The van der Waals surface area contributed by atoms with Crippen LogP contribution < -0.4 is 10.9 Å². The highest BCUT2D eigenvalue weighted by Crippen LogP contribution is 2.29. The normalized spacial score (nSPS) is 13.6. The fourth-order valence-corrected chi connectivity index (χ4v) is 4.85. The van der Waals surface area contributed by atoms with Crippen molar-refractivity contribution in [3.63, 3.8) is 0 Å². The molecule has 27 heavy (non-hydrogen) atoms. The quantitative estimate of drug-likeness (QED) is 0.571. The monoisotopic (exact) mass is 401 g/mol. The summed E-state index contributed by atoms with van der Waals surface area (Å²) in [6.45, 7) is 3.21. The molecule has 0 amide bonds. The van der Waals surface area contributed by atoms with Crippen LogP contribution in [0, 0.1) is 0 Å². The van der Waals surface area contributed by atoms with E-state index in [1.807, 2.05) is 23.0 Å². The highest BCUT2D eigenvalue weighted by molar-refractivity contribution is 7.18. The smallest absolute Gasteiger partial charge is 0.262 e. The molecule has 0 bridgehead atoms. The highest BCUT2D eigenvalue weighted by atomic mass is 35.5. The van der Waals surface area contributed by atoms with Crippen LogP contribution in [0.5, 0.6) is 0 Å². The Kier molecular flexibility index (Phi) is 4.99. The van der Waals surface area contributed by atoms with Gasteiger partial charge in [-0.1, -0.05) is 18.2 Å². The lowest BCUT2D eigenvalue weighted by Gasteiger charge is -2.12. The Morgan fingerprint density at radius 3 is 3.04 bits per heavy atom. The summed E-state index contributed by atoms with van der Waals surface area (Å²) < 4.78 is 3.76. The molecular formula is C19H20ClN5OS. The van der Waals surface area contributed by atoms with Gasteiger partial charge in [-0.05, 0) is 31.0 Å². The van der Waals surface area contributed by atoms with E-state index in [4.69, 9.17) is 0 Å². The molecule has 0 atom stereocenters. The van der Waals surface area contributed by atoms with E-state index >= 15 is 0 Å². The highest BCUT2D eigenvalue weighted by Gasteiger charge is 2.19. The largest absolute Gasteiger partial charge is 0.312 e. The van der Waals surface area contributed by atoms with Crippen LogP contribution in [0.25, 0.3) is 21.1 Å². The van der Waals surface area contributed by atoms with Crippen molar-refractivity contribution in [1.29, 1.82) is 0 Å². The van der Waals surface area contributed by atoms with E-state index in [0.29, 0.717) is 6.54 Å². The number of halogens is 1. The van der Waals surface area contributed by atoms with E-state index in [9.17, 15) is 4.79 Å². The van der Waals surface area contributed by atoms with Gasteiger partial charge in [-0.2, -0.15) is 5.10 Å². The Hall–Kier alpha value is -2.22. The molecule has 1 aliphatic rings. The minimum Gasteiger partial charge on any atom is -0.312 e. The van der Waals surface area contributed by atoms with Crippen molar-refractivity contribution < 1.29 is 0 Å². The molecule has 4 aromatic rings. The summed E-state index contributed by atoms with van der Waals surface area (Å²) in [5.74, 6) is 0. The molecule has 1 N–H and O–H groups in total. The predicted molar refractivity (Wildman–Crippen MR) is 111 cm³/mol. The van der Waals surface area contributed by atoms with Gasteiger partial charge in [-0.25, -0.2) is 4.98 Å². The average Bonchev–Trinajstić information content (AvgIpc) is 3.25. The van der Waals surface area contributed by atoms with E-state index in [0.717, 1.165) is 53.6 Å². The van der Waals surface area contributed by atoms with Gasteiger partial charge in [0.2, 0.25) is 0 Å². The van der Waals surface area contributed by atoms with Gasteiger partial charge >= 0.3 is 0 Å². The summed E-state index contributed by atoms with van der Waals surface area (Å²) >= 11 is 1.64. The second kappa shape index (κ2) is 7.42. The number of nitrogens with zero attached hydrogens (tertiary/aromatic N) is 4. The van der Waals surface area contributed by atoms with Crippen molar-refractivity contribution in [2.24, 2.45) is 0 Å². The maximum atomic E-state index is 13.0. The molecule has 0 radical (unpaired) electrons. The molecule has 1 aromatic carbocycles. The van der Waals surface area contributed by atoms with Crippen molar-refractivity contribution in [3.8, 4) is 0 Å². The van der Waals surface area contributed by atoms with Crippen molar-refractivity contribution in [1.82, 2.24) is 24.6 Å². The third kappa shape index (κ3) is 3.16. The molecule has 140 valence electrons. The number of para-hydroxylation sites is 1. The lowest BCUT2D eigenvalue weighted by molar-refractivity contribution is 0.528. The zero-order chi connectivity index (χ0) is 17.5. The molecule has 0 spiro atoms. The van der Waals surface area contributed by atoms with E-state index in [1.54, 1.807) is 22.2 Å². The Labute approximate surface area is 166 Å². The first-order valence-corrected chi connectivity index (χ1v) is 9.74. The van der Waals surface area contributed by atoms with Crippen LogP contribution in [0.1, 0.15) is 16.9 Å². The number of benzene rings is 1. The average molecular weight is 402 g/mol. The number of hydrogen-bond donors (Lipinski definition) is 1. The fraction of sp³-hybridized carbons (Fsp3) is 0.316. The number of rotatable bonds is 4. The maximum Gasteiger partial charge on any atom is 0.262 e. The zero-order valence-corrected chi connectivity index (χ0v) is 16.4. The van der Waals surface area contributed by atoms with Crippen molar-refractivity contribution in [3.05, 3.63) is 57.6 Å². The first kappa shape index (κ1) is 18.2. The van der Waals surface area contributed by atoms with Crippen LogP contribution in [-0.4, -0.2) is 25.9 Å². The molecular weight excluding hydrogens is 382 g/mol. The number of nitrogens with one attached hydrogen (secondary N) is 1. The topological polar surface area (TPSA) is 64.7 Å². The molecule has 0 fully saturated rings. The molecule has 0 saturated carbocycles. The second-order valence-corrected chi connectivity index (χ2v) is 7.72. The lowest BCUT2D eigenvalue weighted by atomic mass is 10.1. The van der Waals surface area contributed by atoms with Crippen LogP contribution in [0.2, 0.25) is 0 Å².